The highest BCUT2D eigenvalue weighted by atomic mass is 16.5. The van der Waals surface area contributed by atoms with Crippen molar-refractivity contribution in [1.29, 1.82) is 0 Å². The number of aliphatic carboxylic acids is 1. The molecule has 7 heteroatoms. The zero-order chi connectivity index (χ0) is 25.6. The van der Waals surface area contributed by atoms with Crippen molar-refractivity contribution in [1.82, 2.24) is 15.1 Å². The van der Waals surface area contributed by atoms with E-state index in [0.29, 0.717) is 30.7 Å². The van der Waals surface area contributed by atoms with Gasteiger partial charge in [0.25, 0.3) is 5.91 Å². The number of nitrogens with zero attached hydrogens (tertiary/aromatic N) is 2. The number of rotatable bonds is 7. The van der Waals surface area contributed by atoms with Crippen molar-refractivity contribution in [2.75, 3.05) is 7.11 Å². The molecule has 0 bridgehead atoms. The lowest BCUT2D eigenvalue weighted by Gasteiger charge is -2.56. The van der Waals surface area contributed by atoms with Crippen molar-refractivity contribution in [2.45, 2.75) is 38.3 Å². The van der Waals surface area contributed by atoms with Gasteiger partial charge in [0, 0.05) is 11.4 Å². The molecule has 2 aliphatic carbocycles. The normalized spacial score (nSPS) is 22.3. The molecule has 2 aliphatic rings. The Hall–Kier alpha value is -4.13. The van der Waals surface area contributed by atoms with Gasteiger partial charge in [0.15, 0.2) is 0 Å². The standard InChI is InChI=1S/C30H29N3O4/c1-37-25-11-22-17-31-33(18-19-7-9-21(10-8-19)20-5-3-2-4-6-20)27(22)26(12-25)28(34)32-24-15-30(16-24)13-23(14-30)29(35)36/h2-12,17,23-24H,13-16,18H2,1H3,(H,32,34)(H,35,36). The third-order valence-corrected chi connectivity index (χ3v) is 7.98. The van der Waals surface area contributed by atoms with E-state index in [1.54, 1.807) is 19.4 Å². The van der Waals surface area contributed by atoms with Gasteiger partial charge in [-0.25, -0.2) is 0 Å². The Morgan fingerprint density at radius 2 is 1.73 bits per heavy atom. The number of hydrogen-bond acceptors (Lipinski definition) is 4. The third kappa shape index (κ3) is 4.35. The molecular weight excluding hydrogens is 466 g/mol. The molecule has 1 amide bonds. The largest absolute Gasteiger partial charge is 0.497 e. The van der Waals surface area contributed by atoms with E-state index in [1.165, 1.54) is 5.56 Å². The Balaban J connectivity index is 1.21. The van der Waals surface area contributed by atoms with Crippen LogP contribution in [0.2, 0.25) is 0 Å². The number of ether oxygens (including phenoxy) is 1. The fourth-order valence-electron chi connectivity index (χ4n) is 6.07. The summed E-state index contributed by atoms with van der Waals surface area (Å²) >= 11 is 0. The third-order valence-electron chi connectivity index (χ3n) is 7.98. The second kappa shape index (κ2) is 9.07. The van der Waals surface area contributed by atoms with Crippen LogP contribution in [0.1, 0.15) is 41.6 Å². The van der Waals surface area contributed by atoms with E-state index in [-0.39, 0.29) is 23.3 Å². The molecule has 2 fully saturated rings. The zero-order valence-corrected chi connectivity index (χ0v) is 20.7. The van der Waals surface area contributed by atoms with Crippen LogP contribution in [0.5, 0.6) is 5.75 Å². The summed E-state index contributed by atoms with van der Waals surface area (Å²) in [6, 6.07) is 22.4. The molecule has 3 aromatic carbocycles. The van der Waals surface area contributed by atoms with Gasteiger partial charge in [-0.1, -0.05) is 54.6 Å². The van der Waals surface area contributed by atoms with Gasteiger partial charge in [-0.15, -0.1) is 0 Å². The Labute approximate surface area is 215 Å². The maximum atomic E-state index is 13.4. The highest BCUT2D eigenvalue weighted by Gasteiger charge is 2.55. The first kappa shape index (κ1) is 23.3. The Bertz CT molecular complexity index is 1460. The molecule has 1 heterocycles. The average Bonchev–Trinajstić information content (AvgIpc) is 3.27. The summed E-state index contributed by atoms with van der Waals surface area (Å²) in [5, 5.41) is 17.8. The van der Waals surface area contributed by atoms with Crippen LogP contribution in [0.4, 0.5) is 0 Å². The van der Waals surface area contributed by atoms with Gasteiger partial charge in [0.2, 0.25) is 0 Å². The van der Waals surface area contributed by atoms with E-state index < -0.39 is 5.97 Å². The number of fused-ring (bicyclic) bond motifs is 1. The van der Waals surface area contributed by atoms with Crippen LogP contribution in [0, 0.1) is 11.3 Å². The summed E-state index contributed by atoms with van der Waals surface area (Å²) in [5.41, 5.74) is 4.81. The highest BCUT2D eigenvalue weighted by molar-refractivity contribution is 6.06. The number of benzene rings is 3. The van der Waals surface area contributed by atoms with Gasteiger partial charge in [0.1, 0.15) is 5.75 Å². The number of aromatic nitrogens is 2. The smallest absolute Gasteiger partial charge is 0.306 e. The van der Waals surface area contributed by atoms with E-state index in [2.05, 4.69) is 46.8 Å². The lowest BCUT2D eigenvalue weighted by molar-refractivity contribution is -0.155. The van der Waals surface area contributed by atoms with Crippen molar-refractivity contribution in [3.8, 4) is 16.9 Å². The lowest BCUT2D eigenvalue weighted by Crippen LogP contribution is -2.57. The molecular formula is C30H29N3O4. The first-order valence-electron chi connectivity index (χ1n) is 12.6. The monoisotopic (exact) mass is 495 g/mol. The lowest BCUT2D eigenvalue weighted by atomic mass is 9.50. The second-order valence-corrected chi connectivity index (χ2v) is 10.5. The minimum atomic E-state index is -0.708. The summed E-state index contributed by atoms with van der Waals surface area (Å²) in [5.74, 6) is -0.484. The molecule has 37 heavy (non-hydrogen) atoms. The molecule has 2 saturated carbocycles. The number of carboxylic acid groups (broad SMARTS) is 1. The fraction of sp³-hybridized carbons (Fsp3) is 0.300. The first-order chi connectivity index (χ1) is 17.9. The van der Waals surface area contributed by atoms with Gasteiger partial charge >= 0.3 is 5.97 Å². The SMILES string of the molecule is COc1cc(C(=O)NC2CC3(C2)CC(C(=O)O)C3)c2c(cnn2Cc2ccc(-c3ccccc3)cc2)c1. The zero-order valence-electron chi connectivity index (χ0n) is 20.7. The number of carbonyl (C=O) groups excluding carboxylic acids is 1. The maximum absolute atomic E-state index is 13.4. The first-order valence-corrected chi connectivity index (χ1v) is 12.6. The van der Waals surface area contributed by atoms with Crippen LogP contribution in [0.3, 0.4) is 0 Å². The molecule has 0 saturated heterocycles. The fourth-order valence-corrected chi connectivity index (χ4v) is 6.07. The molecule has 1 aromatic heterocycles. The highest BCUT2D eigenvalue weighted by Crippen LogP contribution is 2.58. The molecule has 0 atom stereocenters. The van der Waals surface area contributed by atoms with Crippen LogP contribution >= 0.6 is 0 Å². The van der Waals surface area contributed by atoms with Crippen molar-refractivity contribution in [3.05, 3.63) is 84.1 Å². The van der Waals surface area contributed by atoms with E-state index in [1.807, 2.05) is 28.9 Å². The van der Waals surface area contributed by atoms with Crippen LogP contribution in [-0.4, -0.2) is 39.9 Å². The van der Waals surface area contributed by atoms with Crippen LogP contribution < -0.4 is 10.1 Å². The van der Waals surface area contributed by atoms with Crippen molar-refractivity contribution < 1.29 is 19.4 Å². The minimum Gasteiger partial charge on any atom is -0.497 e. The topological polar surface area (TPSA) is 93.4 Å². The van der Waals surface area contributed by atoms with Crippen LogP contribution in [0.25, 0.3) is 22.0 Å². The number of carboxylic acids is 1. The van der Waals surface area contributed by atoms with E-state index >= 15 is 0 Å². The molecule has 1 spiro atoms. The Morgan fingerprint density at radius 3 is 2.41 bits per heavy atom. The summed E-state index contributed by atoms with van der Waals surface area (Å²) in [7, 11) is 1.59. The molecule has 0 aliphatic heterocycles. The Kier molecular flexibility index (Phi) is 5.71. The molecule has 2 N–H and O–H groups in total. The van der Waals surface area contributed by atoms with Crippen molar-refractivity contribution in [3.63, 3.8) is 0 Å². The maximum Gasteiger partial charge on any atom is 0.306 e. The second-order valence-electron chi connectivity index (χ2n) is 10.5. The van der Waals surface area contributed by atoms with Crippen LogP contribution in [0.15, 0.2) is 72.9 Å². The Morgan fingerprint density at radius 1 is 1.03 bits per heavy atom. The molecule has 0 unspecified atom stereocenters. The van der Waals surface area contributed by atoms with Crippen molar-refractivity contribution in [2.24, 2.45) is 11.3 Å². The molecule has 7 nitrogen and oxygen atoms in total. The van der Waals surface area contributed by atoms with E-state index in [9.17, 15) is 14.7 Å². The molecule has 188 valence electrons. The predicted octanol–water partition coefficient (Wildman–Crippen LogP) is 5.13. The van der Waals surface area contributed by atoms with Crippen LogP contribution in [-0.2, 0) is 11.3 Å². The molecule has 4 aromatic rings. The van der Waals surface area contributed by atoms with E-state index in [4.69, 9.17) is 4.74 Å². The quantitative estimate of drug-likeness (QED) is 0.371. The summed E-state index contributed by atoms with van der Waals surface area (Å²) in [6.45, 7) is 0.536. The summed E-state index contributed by atoms with van der Waals surface area (Å²) in [6.07, 6.45) is 4.87. The summed E-state index contributed by atoms with van der Waals surface area (Å²) < 4.78 is 7.33. The van der Waals surface area contributed by atoms with Gasteiger partial charge < -0.3 is 15.2 Å². The number of nitrogens with one attached hydrogen (secondary N) is 1. The molecule has 6 rings (SSSR count). The van der Waals surface area contributed by atoms with Gasteiger partial charge in [0.05, 0.1) is 36.8 Å². The number of amides is 1. The summed E-state index contributed by atoms with van der Waals surface area (Å²) in [4.78, 5) is 24.6. The predicted molar refractivity (Wildman–Crippen MR) is 141 cm³/mol. The van der Waals surface area contributed by atoms with Gasteiger partial charge in [-0.3, -0.25) is 14.3 Å². The number of methoxy groups -OCH3 is 1. The molecule has 0 radical (unpaired) electrons. The number of carbonyl (C=O) groups is 2. The van der Waals surface area contributed by atoms with Gasteiger partial charge in [-0.2, -0.15) is 5.10 Å². The minimum absolute atomic E-state index is 0.0606. The van der Waals surface area contributed by atoms with Gasteiger partial charge in [-0.05, 0) is 59.9 Å². The average molecular weight is 496 g/mol. The number of hydrogen-bond donors (Lipinski definition) is 2. The van der Waals surface area contributed by atoms with E-state index in [0.717, 1.165) is 34.9 Å². The van der Waals surface area contributed by atoms with Crippen molar-refractivity contribution >= 4 is 22.8 Å².